The Bertz CT molecular complexity index is 1420. The van der Waals surface area contributed by atoms with Gasteiger partial charge in [0.2, 0.25) is 0 Å². The maximum absolute atomic E-state index is 13.1. The first-order chi connectivity index (χ1) is 19.0. The van der Waals surface area contributed by atoms with Crippen LogP contribution in [0.5, 0.6) is 11.5 Å². The number of carbonyl (C=O) groups is 1. The van der Waals surface area contributed by atoms with E-state index in [2.05, 4.69) is 47.8 Å². The molecule has 1 aliphatic carbocycles. The van der Waals surface area contributed by atoms with Crippen molar-refractivity contribution in [2.45, 2.75) is 44.4 Å². The van der Waals surface area contributed by atoms with Crippen LogP contribution in [0.25, 0.3) is 10.9 Å². The van der Waals surface area contributed by atoms with Crippen molar-refractivity contribution in [3.63, 3.8) is 0 Å². The number of nitrogens with zero attached hydrogens (tertiary/aromatic N) is 2. The molecule has 0 aliphatic heterocycles. The average Bonchev–Trinajstić information content (AvgIpc) is 2.97. The molecule has 1 heterocycles. The van der Waals surface area contributed by atoms with Gasteiger partial charge in [-0.25, -0.2) is 4.98 Å². The highest BCUT2D eigenvalue weighted by molar-refractivity contribution is 5.95. The van der Waals surface area contributed by atoms with Crippen molar-refractivity contribution in [3.8, 4) is 11.5 Å². The van der Waals surface area contributed by atoms with Crippen molar-refractivity contribution in [2.75, 3.05) is 31.4 Å². The minimum Gasteiger partial charge on any atom is -0.493 e. The lowest BCUT2D eigenvalue weighted by molar-refractivity contribution is 0.0926. The molecule has 1 saturated carbocycles. The number of hydrogen-bond acceptors (Lipinski definition) is 6. The summed E-state index contributed by atoms with van der Waals surface area (Å²) in [5.74, 6) is 1.97. The zero-order valence-corrected chi connectivity index (χ0v) is 22.8. The molecule has 3 aromatic carbocycles. The number of aromatic nitrogens is 1. The number of pyridine rings is 1. The van der Waals surface area contributed by atoms with Gasteiger partial charge in [0.1, 0.15) is 12.4 Å². The number of nitrogens with one attached hydrogen (secondary N) is 2. The minimum atomic E-state index is -0.0922. The van der Waals surface area contributed by atoms with Crippen LogP contribution in [0.2, 0.25) is 0 Å². The Hall–Kier alpha value is -4.26. The van der Waals surface area contributed by atoms with Crippen LogP contribution in [-0.4, -0.2) is 44.2 Å². The van der Waals surface area contributed by atoms with Gasteiger partial charge in [-0.05, 0) is 55.5 Å². The molecule has 5 rings (SSSR count). The zero-order chi connectivity index (χ0) is 27.2. The molecule has 0 atom stereocenters. The van der Waals surface area contributed by atoms with Crippen LogP contribution >= 0.6 is 0 Å². The summed E-state index contributed by atoms with van der Waals surface area (Å²) in [5, 5.41) is 8.01. The van der Waals surface area contributed by atoms with Crippen LogP contribution in [0.1, 0.15) is 41.6 Å². The molecule has 202 valence electrons. The number of anilines is 2. The number of hydrogen-bond donors (Lipinski definition) is 2. The summed E-state index contributed by atoms with van der Waals surface area (Å²) in [4.78, 5) is 20.1. The molecule has 39 heavy (non-hydrogen) atoms. The van der Waals surface area contributed by atoms with Crippen LogP contribution in [-0.2, 0) is 6.61 Å². The summed E-state index contributed by atoms with van der Waals surface area (Å²) in [5.41, 5.74) is 3.75. The smallest absolute Gasteiger partial charge is 0.251 e. The van der Waals surface area contributed by atoms with Crippen LogP contribution in [0.4, 0.5) is 11.5 Å². The molecule has 7 heteroatoms. The SMILES string of the molecule is COc1ccc(C(=O)NC2CCC(Nc3cc(N(C)C)c4ccccc4n3)CC2)cc1OCc1ccccc1. The van der Waals surface area contributed by atoms with E-state index in [1.165, 1.54) is 0 Å². The topological polar surface area (TPSA) is 75.7 Å². The highest BCUT2D eigenvalue weighted by Gasteiger charge is 2.24. The predicted octanol–water partition coefficient (Wildman–Crippen LogP) is 6.04. The van der Waals surface area contributed by atoms with Crippen LogP contribution in [0.15, 0.2) is 78.9 Å². The number of methoxy groups -OCH3 is 1. The Balaban J connectivity index is 1.18. The van der Waals surface area contributed by atoms with Gasteiger partial charge >= 0.3 is 0 Å². The van der Waals surface area contributed by atoms with E-state index in [1.807, 2.05) is 42.5 Å². The summed E-state index contributed by atoms with van der Waals surface area (Å²) >= 11 is 0. The van der Waals surface area contributed by atoms with E-state index in [0.717, 1.165) is 53.7 Å². The van der Waals surface area contributed by atoms with Gasteiger partial charge in [-0.15, -0.1) is 0 Å². The maximum Gasteiger partial charge on any atom is 0.251 e. The van der Waals surface area contributed by atoms with Crippen LogP contribution in [0, 0.1) is 0 Å². The zero-order valence-electron chi connectivity index (χ0n) is 22.8. The average molecular weight is 525 g/mol. The van der Waals surface area contributed by atoms with Gasteiger partial charge < -0.3 is 25.0 Å². The van der Waals surface area contributed by atoms with Crippen molar-refractivity contribution in [3.05, 3.63) is 90.0 Å². The van der Waals surface area contributed by atoms with E-state index in [4.69, 9.17) is 14.5 Å². The van der Waals surface area contributed by atoms with Crippen molar-refractivity contribution in [1.29, 1.82) is 0 Å². The molecule has 7 nitrogen and oxygen atoms in total. The third-order valence-electron chi connectivity index (χ3n) is 7.25. The molecule has 1 aromatic heterocycles. The van der Waals surface area contributed by atoms with Crippen LogP contribution < -0.4 is 25.0 Å². The molecule has 0 unspecified atom stereocenters. The minimum absolute atomic E-state index is 0.0922. The molecule has 0 spiro atoms. The van der Waals surface area contributed by atoms with Crippen molar-refractivity contribution >= 4 is 28.3 Å². The first kappa shape index (κ1) is 26.4. The Labute approximate surface area is 230 Å². The second-order valence-electron chi connectivity index (χ2n) is 10.2. The Morgan fingerprint density at radius 3 is 2.36 bits per heavy atom. The first-order valence-electron chi connectivity index (χ1n) is 13.5. The van der Waals surface area contributed by atoms with E-state index in [9.17, 15) is 4.79 Å². The number of para-hydroxylation sites is 1. The third-order valence-corrected chi connectivity index (χ3v) is 7.25. The summed E-state index contributed by atoms with van der Waals surface area (Å²) in [6, 6.07) is 26.1. The second kappa shape index (κ2) is 12.1. The molecule has 0 bridgehead atoms. The normalized spacial score (nSPS) is 16.9. The third kappa shape index (κ3) is 6.42. The highest BCUT2D eigenvalue weighted by atomic mass is 16.5. The van der Waals surface area contributed by atoms with Crippen LogP contribution in [0.3, 0.4) is 0 Å². The standard InChI is InChI=1S/C32H36N4O3/c1-36(2)28-20-31(35-27-12-8-7-11-26(27)28)33-24-14-16-25(17-15-24)34-32(37)23-13-18-29(38-3)30(19-23)39-21-22-9-5-4-6-10-22/h4-13,18-20,24-25H,14-17,21H2,1-3H3,(H,33,35)(H,34,37). The number of amides is 1. The van der Waals surface area contributed by atoms with E-state index in [0.29, 0.717) is 29.7 Å². The molecular formula is C32H36N4O3. The summed E-state index contributed by atoms with van der Waals surface area (Å²) < 4.78 is 11.4. The second-order valence-corrected chi connectivity index (χ2v) is 10.2. The summed E-state index contributed by atoms with van der Waals surface area (Å²) in [6.45, 7) is 0.404. The quantitative estimate of drug-likeness (QED) is 0.278. The van der Waals surface area contributed by atoms with Gasteiger partial charge in [0.25, 0.3) is 5.91 Å². The molecule has 0 saturated heterocycles. The molecule has 0 radical (unpaired) electrons. The van der Waals surface area contributed by atoms with E-state index in [-0.39, 0.29) is 11.9 Å². The number of carbonyl (C=O) groups excluding carboxylic acids is 1. The molecule has 2 N–H and O–H groups in total. The van der Waals surface area contributed by atoms with Crippen molar-refractivity contribution < 1.29 is 14.3 Å². The molecule has 4 aromatic rings. The monoisotopic (exact) mass is 524 g/mol. The summed E-state index contributed by atoms with van der Waals surface area (Å²) in [7, 11) is 5.72. The van der Waals surface area contributed by atoms with Crippen molar-refractivity contribution in [1.82, 2.24) is 10.3 Å². The fourth-order valence-corrected chi connectivity index (χ4v) is 5.13. The van der Waals surface area contributed by atoms with E-state index in [1.54, 1.807) is 25.3 Å². The van der Waals surface area contributed by atoms with Gasteiger partial charge in [-0.1, -0.05) is 48.5 Å². The fraction of sp³-hybridized carbons (Fsp3) is 0.312. The molecule has 1 amide bonds. The van der Waals surface area contributed by atoms with Gasteiger partial charge in [0.05, 0.1) is 12.6 Å². The Morgan fingerprint density at radius 2 is 1.62 bits per heavy atom. The Kier molecular flexibility index (Phi) is 8.16. The lowest BCUT2D eigenvalue weighted by Crippen LogP contribution is -2.40. The first-order valence-corrected chi connectivity index (χ1v) is 13.5. The lowest BCUT2D eigenvalue weighted by atomic mass is 9.91. The highest BCUT2D eigenvalue weighted by Crippen LogP contribution is 2.31. The largest absolute Gasteiger partial charge is 0.493 e. The lowest BCUT2D eigenvalue weighted by Gasteiger charge is -2.30. The van der Waals surface area contributed by atoms with Gasteiger partial charge in [-0.3, -0.25) is 4.79 Å². The van der Waals surface area contributed by atoms with Gasteiger partial charge in [-0.2, -0.15) is 0 Å². The van der Waals surface area contributed by atoms with Crippen molar-refractivity contribution in [2.24, 2.45) is 0 Å². The molecule has 1 fully saturated rings. The number of rotatable bonds is 9. The van der Waals surface area contributed by atoms with Gasteiger partial charge in [0.15, 0.2) is 11.5 Å². The maximum atomic E-state index is 13.1. The number of benzene rings is 3. The predicted molar refractivity (Wildman–Crippen MR) is 157 cm³/mol. The molecular weight excluding hydrogens is 488 g/mol. The fourth-order valence-electron chi connectivity index (χ4n) is 5.13. The summed E-state index contributed by atoms with van der Waals surface area (Å²) in [6.07, 6.45) is 3.74. The van der Waals surface area contributed by atoms with E-state index < -0.39 is 0 Å². The number of fused-ring (bicyclic) bond motifs is 1. The Morgan fingerprint density at radius 1 is 0.897 bits per heavy atom. The molecule has 1 aliphatic rings. The van der Waals surface area contributed by atoms with Gasteiger partial charge in [0, 0.05) is 48.9 Å². The number of ether oxygens (including phenoxy) is 2. The van der Waals surface area contributed by atoms with E-state index >= 15 is 0 Å².